The average Bonchev–Trinajstić information content (AvgIpc) is 2.35. The van der Waals surface area contributed by atoms with Crippen LogP contribution in [0.4, 0.5) is 13.2 Å². The van der Waals surface area contributed by atoms with Gasteiger partial charge in [0.2, 0.25) is 0 Å². The largest absolute Gasteiger partial charge is 0.295 e. The van der Waals surface area contributed by atoms with Crippen molar-refractivity contribution in [3.63, 3.8) is 0 Å². The lowest BCUT2D eigenvalue weighted by molar-refractivity contribution is 0.101. The van der Waals surface area contributed by atoms with Crippen molar-refractivity contribution in [1.29, 1.82) is 0 Å². The van der Waals surface area contributed by atoms with E-state index in [-0.39, 0.29) is 11.3 Å². The van der Waals surface area contributed by atoms with Crippen molar-refractivity contribution in [1.82, 2.24) is 0 Å². The molecule has 0 heterocycles. The summed E-state index contributed by atoms with van der Waals surface area (Å²) < 4.78 is 39.3. The molecule has 0 unspecified atom stereocenters. The van der Waals surface area contributed by atoms with Crippen molar-refractivity contribution in [3.05, 3.63) is 58.9 Å². The van der Waals surface area contributed by atoms with Crippen LogP contribution in [-0.4, -0.2) is 5.78 Å². The molecule has 1 nitrogen and oxygen atoms in total. The molecular weight excluding hydrogens is 253 g/mol. The van der Waals surface area contributed by atoms with Crippen LogP contribution in [-0.2, 0) is 0 Å². The zero-order chi connectivity index (χ0) is 14.2. The predicted molar refractivity (Wildman–Crippen MR) is 66.5 cm³/mol. The zero-order valence-corrected chi connectivity index (χ0v) is 10.4. The molecule has 0 aliphatic heterocycles. The van der Waals surface area contributed by atoms with Gasteiger partial charge in [-0.05, 0) is 48.7 Å². The average molecular weight is 264 g/mol. The molecule has 19 heavy (non-hydrogen) atoms. The van der Waals surface area contributed by atoms with Gasteiger partial charge in [-0.1, -0.05) is 12.1 Å². The van der Waals surface area contributed by atoms with Gasteiger partial charge in [-0.2, -0.15) is 0 Å². The van der Waals surface area contributed by atoms with E-state index in [0.29, 0.717) is 11.1 Å². The molecule has 0 spiro atoms. The lowest BCUT2D eigenvalue weighted by atomic mass is 9.98. The first-order valence-corrected chi connectivity index (χ1v) is 5.66. The summed E-state index contributed by atoms with van der Waals surface area (Å²) in [5, 5.41) is 0. The summed E-state index contributed by atoms with van der Waals surface area (Å²) in [6, 6.07) is 6.68. The van der Waals surface area contributed by atoms with Gasteiger partial charge in [0.05, 0.1) is 0 Å². The molecule has 0 radical (unpaired) electrons. The van der Waals surface area contributed by atoms with Crippen LogP contribution in [0.3, 0.4) is 0 Å². The fourth-order valence-electron chi connectivity index (χ4n) is 1.90. The van der Waals surface area contributed by atoms with Crippen molar-refractivity contribution in [2.45, 2.75) is 13.8 Å². The first-order valence-electron chi connectivity index (χ1n) is 5.66. The molecule has 2 aromatic rings. The SMILES string of the molecule is CC(=O)c1cc(-c2cc(F)c(F)c(F)c2)ccc1C. The molecule has 2 aromatic carbocycles. The first kappa shape index (κ1) is 13.3. The van der Waals surface area contributed by atoms with E-state index in [1.54, 1.807) is 25.1 Å². The second-order valence-corrected chi connectivity index (χ2v) is 4.34. The second-order valence-electron chi connectivity index (χ2n) is 4.34. The van der Waals surface area contributed by atoms with Crippen LogP contribution in [0.2, 0.25) is 0 Å². The van der Waals surface area contributed by atoms with E-state index in [4.69, 9.17) is 0 Å². The van der Waals surface area contributed by atoms with Crippen molar-refractivity contribution in [2.75, 3.05) is 0 Å². The van der Waals surface area contributed by atoms with Crippen LogP contribution in [0, 0.1) is 24.4 Å². The van der Waals surface area contributed by atoms with Gasteiger partial charge in [0.15, 0.2) is 23.2 Å². The highest BCUT2D eigenvalue weighted by Crippen LogP contribution is 2.26. The highest BCUT2D eigenvalue weighted by molar-refractivity contribution is 5.96. The fraction of sp³-hybridized carbons (Fsp3) is 0.133. The van der Waals surface area contributed by atoms with Crippen molar-refractivity contribution in [3.8, 4) is 11.1 Å². The Morgan fingerprint density at radius 2 is 1.53 bits per heavy atom. The molecular formula is C15H11F3O. The lowest BCUT2D eigenvalue weighted by Crippen LogP contribution is -1.97. The Balaban J connectivity index is 2.60. The number of hydrogen-bond acceptors (Lipinski definition) is 1. The molecule has 0 atom stereocenters. The van der Waals surface area contributed by atoms with Gasteiger partial charge in [-0.3, -0.25) is 4.79 Å². The smallest absolute Gasteiger partial charge is 0.194 e. The van der Waals surface area contributed by atoms with Crippen LogP contribution >= 0.6 is 0 Å². The van der Waals surface area contributed by atoms with Gasteiger partial charge in [0.25, 0.3) is 0 Å². The number of halogens is 3. The van der Waals surface area contributed by atoms with Crippen molar-refractivity contribution < 1.29 is 18.0 Å². The highest BCUT2D eigenvalue weighted by Gasteiger charge is 2.13. The number of carbonyl (C=O) groups excluding carboxylic acids is 1. The van der Waals surface area contributed by atoms with E-state index >= 15 is 0 Å². The summed E-state index contributed by atoms with van der Waals surface area (Å²) >= 11 is 0. The van der Waals surface area contributed by atoms with E-state index in [1.165, 1.54) is 6.92 Å². The summed E-state index contributed by atoms with van der Waals surface area (Å²) in [5.74, 6) is -4.13. The molecule has 0 saturated heterocycles. The van der Waals surface area contributed by atoms with Crippen molar-refractivity contribution in [2.24, 2.45) is 0 Å². The Hall–Kier alpha value is -2.10. The molecule has 0 saturated carbocycles. The molecule has 0 fully saturated rings. The minimum Gasteiger partial charge on any atom is -0.295 e. The zero-order valence-electron chi connectivity index (χ0n) is 10.4. The number of Topliss-reactive ketones (excluding diaryl/α,β-unsaturated/α-hetero) is 1. The molecule has 0 aromatic heterocycles. The number of ketones is 1. The monoisotopic (exact) mass is 264 g/mol. The summed E-state index contributed by atoms with van der Waals surface area (Å²) in [7, 11) is 0. The number of benzene rings is 2. The van der Waals surface area contributed by atoms with Crippen LogP contribution in [0.15, 0.2) is 30.3 Å². The summed E-state index contributed by atoms with van der Waals surface area (Å²) in [6.45, 7) is 3.18. The maximum absolute atomic E-state index is 13.2. The first-order chi connectivity index (χ1) is 8.90. The van der Waals surface area contributed by atoms with Crippen molar-refractivity contribution >= 4 is 5.78 Å². The van der Waals surface area contributed by atoms with E-state index in [1.807, 2.05) is 0 Å². The maximum Gasteiger partial charge on any atom is 0.194 e. The number of aryl methyl sites for hydroxylation is 1. The molecule has 0 aliphatic carbocycles. The molecule has 2 rings (SSSR count). The quantitative estimate of drug-likeness (QED) is 0.584. The Morgan fingerprint density at radius 1 is 0.947 bits per heavy atom. The predicted octanol–water partition coefficient (Wildman–Crippen LogP) is 4.28. The standard InChI is InChI=1S/C15H11F3O/c1-8-3-4-10(5-12(8)9(2)19)11-6-13(16)15(18)14(17)7-11/h3-7H,1-2H3. The third-order valence-electron chi connectivity index (χ3n) is 2.93. The van der Waals surface area contributed by atoms with Crippen LogP contribution in [0.5, 0.6) is 0 Å². The van der Waals surface area contributed by atoms with E-state index in [0.717, 1.165) is 17.7 Å². The lowest BCUT2D eigenvalue weighted by Gasteiger charge is -2.07. The topological polar surface area (TPSA) is 17.1 Å². The summed E-state index contributed by atoms with van der Waals surface area (Å²) in [4.78, 5) is 11.4. The number of carbonyl (C=O) groups is 1. The maximum atomic E-state index is 13.2. The molecule has 0 N–H and O–H groups in total. The Kier molecular flexibility index (Phi) is 3.42. The third kappa shape index (κ3) is 2.52. The van der Waals surface area contributed by atoms with Crippen LogP contribution < -0.4 is 0 Å². The Bertz CT molecular complexity index is 639. The highest BCUT2D eigenvalue weighted by atomic mass is 19.2. The third-order valence-corrected chi connectivity index (χ3v) is 2.93. The van der Waals surface area contributed by atoms with Gasteiger partial charge in [-0.25, -0.2) is 13.2 Å². The second kappa shape index (κ2) is 4.88. The molecule has 4 heteroatoms. The molecule has 0 aliphatic rings. The van der Waals surface area contributed by atoms with Gasteiger partial charge >= 0.3 is 0 Å². The van der Waals surface area contributed by atoms with Gasteiger partial charge in [0.1, 0.15) is 0 Å². The summed E-state index contributed by atoms with van der Waals surface area (Å²) in [5.41, 5.74) is 1.91. The van der Waals surface area contributed by atoms with E-state index in [2.05, 4.69) is 0 Å². The Morgan fingerprint density at radius 3 is 2.05 bits per heavy atom. The number of hydrogen-bond donors (Lipinski definition) is 0. The summed E-state index contributed by atoms with van der Waals surface area (Å²) in [6.07, 6.45) is 0. The van der Waals surface area contributed by atoms with E-state index < -0.39 is 17.5 Å². The minimum atomic E-state index is -1.50. The molecule has 0 amide bonds. The fourth-order valence-corrected chi connectivity index (χ4v) is 1.90. The Labute approximate surface area is 108 Å². The minimum absolute atomic E-state index is 0.137. The van der Waals surface area contributed by atoms with Gasteiger partial charge in [-0.15, -0.1) is 0 Å². The molecule has 98 valence electrons. The van der Waals surface area contributed by atoms with Crippen LogP contribution in [0.1, 0.15) is 22.8 Å². The molecule has 0 bridgehead atoms. The van der Waals surface area contributed by atoms with Crippen LogP contribution in [0.25, 0.3) is 11.1 Å². The van der Waals surface area contributed by atoms with E-state index in [9.17, 15) is 18.0 Å². The normalized spacial score (nSPS) is 10.6. The number of rotatable bonds is 2. The van der Waals surface area contributed by atoms with Gasteiger partial charge in [0, 0.05) is 5.56 Å². The van der Waals surface area contributed by atoms with Gasteiger partial charge < -0.3 is 0 Å².